The number of hydrogen-bond acceptors (Lipinski definition) is 2. The molecule has 0 amide bonds. The molecular formula is C17H23BrClF3N2. The van der Waals surface area contributed by atoms with Crippen molar-refractivity contribution in [1.29, 1.82) is 0 Å². The number of halogens is 5. The number of piperazine rings is 1. The zero-order valence-electron chi connectivity index (χ0n) is 13.4. The molecule has 1 aromatic rings. The van der Waals surface area contributed by atoms with Crippen molar-refractivity contribution in [1.82, 2.24) is 10.2 Å². The Bertz CT molecular complexity index is 541. The number of nitrogens with zero attached hydrogens (tertiary/aromatic N) is 1. The Hall–Kier alpha value is -0.300. The van der Waals surface area contributed by atoms with Gasteiger partial charge in [0.05, 0.1) is 5.56 Å². The summed E-state index contributed by atoms with van der Waals surface area (Å²) in [5.74, 6) is 0.462. The molecule has 2 aliphatic rings. The summed E-state index contributed by atoms with van der Waals surface area (Å²) in [6.45, 7) is 3.61. The van der Waals surface area contributed by atoms with E-state index in [2.05, 4.69) is 26.1 Å². The van der Waals surface area contributed by atoms with Crippen molar-refractivity contribution in [2.75, 3.05) is 26.2 Å². The third-order valence-electron chi connectivity index (χ3n) is 4.98. The maximum Gasteiger partial charge on any atom is 0.416 e. The van der Waals surface area contributed by atoms with E-state index >= 15 is 0 Å². The molecule has 1 saturated heterocycles. The van der Waals surface area contributed by atoms with Gasteiger partial charge in [0.1, 0.15) is 0 Å². The molecule has 7 heteroatoms. The summed E-state index contributed by atoms with van der Waals surface area (Å²) in [5.41, 5.74) is 0.250. The summed E-state index contributed by atoms with van der Waals surface area (Å²) in [4.78, 5) is 2.37. The minimum Gasteiger partial charge on any atom is -0.314 e. The molecule has 1 N–H and O–H groups in total. The van der Waals surface area contributed by atoms with Crippen LogP contribution in [0.3, 0.4) is 0 Å². The third kappa shape index (κ3) is 4.65. The fraction of sp³-hybridized carbons (Fsp3) is 0.647. The molecule has 1 atom stereocenters. The predicted octanol–water partition coefficient (Wildman–Crippen LogP) is 5.03. The first kappa shape index (κ1) is 20.0. The van der Waals surface area contributed by atoms with Crippen LogP contribution in [0.4, 0.5) is 13.2 Å². The van der Waals surface area contributed by atoms with Crippen molar-refractivity contribution >= 4 is 28.3 Å². The van der Waals surface area contributed by atoms with Gasteiger partial charge in [-0.25, -0.2) is 0 Å². The first-order valence-corrected chi connectivity index (χ1v) is 9.07. The molecule has 0 spiro atoms. The Balaban J connectivity index is 0.00000208. The lowest BCUT2D eigenvalue weighted by atomic mass is 9.89. The molecular weight excluding hydrogens is 405 g/mol. The standard InChI is InChI=1S/C17H22BrF3N2.ClH/c18-15-10-13(9-14(11-15)17(19,20)21)16(12-3-1-2-4-12)23-7-5-22-6-8-23;/h9-12,16,22H,1-8H2;1H/t16-;/m1./s1. The molecule has 136 valence electrons. The van der Waals surface area contributed by atoms with Gasteiger partial charge in [-0.1, -0.05) is 28.8 Å². The van der Waals surface area contributed by atoms with E-state index in [0.29, 0.717) is 10.4 Å². The van der Waals surface area contributed by atoms with Crippen molar-refractivity contribution in [3.8, 4) is 0 Å². The first-order chi connectivity index (χ1) is 10.9. The van der Waals surface area contributed by atoms with E-state index in [1.54, 1.807) is 0 Å². The van der Waals surface area contributed by atoms with Crippen molar-refractivity contribution in [2.45, 2.75) is 37.9 Å². The van der Waals surface area contributed by atoms with Crippen LogP contribution in [-0.4, -0.2) is 31.1 Å². The highest BCUT2D eigenvalue weighted by atomic mass is 79.9. The maximum absolute atomic E-state index is 13.2. The third-order valence-corrected chi connectivity index (χ3v) is 5.44. The number of alkyl halides is 3. The average molecular weight is 428 g/mol. The average Bonchev–Trinajstić information content (AvgIpc) is 3.01. The molecule has 1 saturated carbocycles. The van der Waals surface area contributed by atoms with Crippen molar-refractivity contribution in [3.63, 3.8) is 0 Å². The molecule has 1 aliphatic heterocycles. The van der Waals surface area contributed by atoms with Gasteiger partial charge in [-0.2, -0.15) is 13.2 Å². The Kier molecular flexibility index (Phi) is 7.00. The summed E-state index contributed by atoms with van der Waals surface area (Å²) >= 11 is 3.28. The molecule has 1 aliphatic carbocycles. The van der Waals surface area contributed by atoms with Crippen molar-refractivity contribution < 1.29 is 13.2 Å². The number of hydrogen-bond donors (Lipinski definition) is 1. The number of rotatable bonds is 3. The highest BCUT2D eigenvalue weighted by Gasteiger charge is 2.35. The van der Waals surface area contributed by atoms with Crippen LogP contribution in [-0.2, 0) is 6.18 Å². The molecule has 0 bridgehead atoms. The lowest BCUT2D eigenvalue weighted by Crippen LogP contribution is -2.46. The Morgan fingerprint density at radius 1 is 1.08 bits per heavy atom. The quantitative estimate of drug-likeness (QED) is 0.728. The van der Waals surface area contributed by atoms with Gasteiger partial charge < -0.3 is 5.32 Å². The smallest absolute Gasteiger partial charge is 0.314 e. The summed E-state index contributed by atoms with van der Waals surface area (Å²) < 4.78 is 40.1. The summed E-state index contributed by atoms with van der Waals surface area (Å²) in [6.07, 6.45) is 0.300. The van der Waals surface area contributed by atoms with Gasteiger partial charge in [-0.3, -0.25) is 4.90 Å². The van der Waals surface area contributed by atoms with Crippen LogP contribution in [0.2, 0.25) is 0 Å². The lowest BCUT2D eigenvalue weighted by molar-refractivity contribution is -0.137. The largest absolute Gasteiger partial charge is 0.416 e. The van der Waals surface area contributed by atoms with Crippen LogP contribution in [0, 0.1) is 5.92 Å². The van der Waals surface area contributed by atoms with Gasteiger partial charge in [0.2, 0.25) is 0 Å². The fourth-order valence-electron chi connectivity index (χ4n) is 3.96. The zero-order chi connectivity index (χ0) is 16.4. The molecule has 2 nitrogen and oxygen atoms in total. The highest BCUT2D eigenvalue weighted by molar-refractivity contribution is 9.10. The molecule has 1 heterocycles. The van der Waals surface area contributed by atoms with E-state index < -0.39 is 11.7 Å². The Morgan fingerprint density at radius 3 is 2.29 bits per heavy atom. The van der Waals surface area contributed by atoms with E-state index in [0.717, 1.165) is 44.6 Å². The van der Waals surface area contributed by atoms with E-state index in [4.69, 9.17) is 0 Å². The first-order valence-electron chi connectivity index (χ1n) is 8.27. The second-order valence-corrected chi connectivity index (χ2v) is 7.46. The summed E-state index contributed by atoms with van der Waals surface area (Å²) in [7, 11) is 0. The van der Waals surface area contributed by atoms with Gasteiger partial charge in [-0.05, 0) is 42.5 Å². The topological polar surface area (TPSA) is 15.3 Å². The normalized spacial score (nSPS) is 21.5. The molecule has 0 radical (unpaired) electrons. The van der Waals surface area contributed by atoms with Gasteiger partial charge in [-0.15, -0.1) is 12.4 Å². The second-order valence-electron chi connectivity index (χ2n) is 6.55. The lowest BCUT2D eigenvalue weighted by Gasteiger charge is -2.39. The minimum absolute atomic E-state index is 0. The molecule has 0 unspecified atom stereocenters. The van der Waals surface area contributed by atoms with Crippen molar-refractivity contribution in [2.24, 2.45) is 5.92 Å². The van der Waals surface area contributed by atoms with E-state index in [1.807, 2.05) is 6.07 Å². The maximum atomic E-state index is 13.2. The molecule has 0 aromatic heterocycles. The fourth-order valence-corrected chi connectivity index (χ4v) is 4.47. The predicted molar refractivity (Wildman–Crippen MR) is 95.5 cm³/mol. The van der Waals surface area contributed by atoms with E-state index in [-0.39, 0.29) is 18.4 Å². The molecule has 24 heavy (non-hydrogen) atoms. The highest BCUT2D eigenvalue weighted by Crippen LogP contribution is 2.42. The monoisotopic (exact) mass is 426 g/mol. The van der Waals surface area contributed by atoms with Crippen molar-refractivity contribution in [3.05, 3.63) is 33.8 Å². The summed E-state index contributed by atoms with van der Waals surface area (Å²) in [6, 6.07) is 4.50. The van der Waals surface area contributed by atoms with Crippen LogP contribution in [0.5, 0.6) is 0 Å². The van der Waals surface area contributed by atoms with Gasteiger partial charge in [0.15, 0.2) is 0 Å². The van der Waals surface area contributed by atoms with E-state index in [1.165, 1.54) is 25.0 Å². The van der Waals surface area contributed by atoms with Crippen LogP contribution in [0.1, 0.15) is 42.9 Å². The number of benzene rings is 1. The molecule has 1 aromatic carbocycles. The van der Waals surface area contributed by atoms with Gasteiger partial charge >= 0.3 is 6.18 Å². The van der Waals surface area contributed by atoms with Gasteiger partial charge in [0, 0.05) is 36.7 Å². The minimum atomic E-state index is -4.30. The van der Waals surface area contributed by atoms with Gasteiger partial charge in [0.25, 0.3) is 0 Å². The number of nitrogens with one attached hydrogen (secondary N) is 1. The molecule has 3 rings (SSSR count). The zero-order valence-corrected chi connectivity index (χ0v) is 15.8. The summed E-state index contributed by atoms with van der Waals surface area (Å²) in [5, 5.41) is 3.33. The van der Waals surface area contributed by atoms with E-state index in [9.17, 15) is 13.2 Å². The van der Waals surface area contributed by atoms with Crippen LogP contribution in [0.15, 0.2) is 22.7 Å². The Labute approximate surface area is 155 Å². The van der Waals surface area contributed by atoms with Crippen LogP contribution in [0.25, 0.3) is 0 Å². The van der Waals surface area contributed by atoms with Crippen LogP contribution >= 0.6 is 28.3 Å². The van der Waals surface area contributed by atoms with Crippen LogP contribution < -0.4 is 5.32 Å². The Morgan fingerprint density at radius 2 is 1.71 bits per heavy atom. The molecule has 2 fully saturated rings. The second kappa shape index (κ2) is 8.39. The SMILES string of the molecule is Cl.FC(F)(F)c1cc(Br)cc([C@@H](C2CCCC2)N2CCNCC2)c1.